The van der Waals surface area contributed by atoms with Crippen molar-refractivity contribution in [1.29, 1.82) is 0 Å². The summed E-state index contributed by atoms with van der Waals surface area (Å²) in [7, 11) is 0. The number of anilines is 1. The zero-order valence-corrected chi connectivity index (χ0v) is 19.4. The van der Waals surface area contributed by atoms with Gasteiger partial charge in [0.2, 0.25) is 11.8 Å². The molecular formula is C29H20N2O3S. The number of thiophene rings is 1. The Morgan fingerprint density at radius 2 is 1.57 bits per heavy atom. The van der Waals surface area contributed by atoms with E-state index in [-0.39, 0.29) is 23.6 Å². The van der Waals surface area contributed by atoms with Crippen molar-refractivity contribution in [3.8, 4) is 0 Å². The Morgan fingerprint density at radius 3 is 2.43 bits per heavy atom. The van der Waals surface area contributed by atoms with Crippen LogP contribution in [-0.4, -0.2) is 28.5 Å². The number of imide groups is 1. The molecule has 4 heterocycles. The highest BCUT2D eigenvalue weighted by molar-refractivity contribution is 7.12. The first kappa shape index (κ1) is 20.4. The van der Waals surface area contributed by atoms with Gasteiger partial charge >= 0.3 is 0 Å². The zero-order valence-electron chi connectivity index (χ0n) is 18.6. The maximum Gasteiger partial charge on any atom is 0.240 e. The van der Waals surface area contributed by atoms with E-state index in [4.69, 9.17) is 0 Å². The summed E-state index contributed by atoms with van der Waals surface area (Å²) in [6, 6.07) is 23.9. The van der Waals surface area contributed by atoms with Gasteiger partial charge in [-0.2, -0.15) is 0 Å². The van der Waals surface area contributed by atoms with Crippen LogP contribution in [0.4, 0.5) is 5.69 Å². The molecule has 0 radical (unpaired) electrons. The highest BCUT2D eigenvalue weighted by Crippen LogP contribution is 2.54. The average Bonchev–Trinajstić information content (AvgIpc) is 3.60. The number of rotatable bonds is 3. The van der Waals surface area contributed by atoms with E-state index < -0.39 is 17.9 Å². The van der Waals surface area contributed by atoms with E-state index in [1.165, 1.54) is 16.2 Å². The summed E-state index contributed by atoms with van der Waals surface area (Å²) >= 11 is 1.37. The van der Waals surface area contributed by atoms with Gasteiger partial charge in [-0.25, -0.2) is 4.90 Å². The van der Waals surface area contributed by atoms with Crippen LogP contribution in [0.1, 0.15) is 26.8 Å². The predicted molar refractivity (Wildman–Crippen MR) is 136 cm³/mol. The molecule has 6 heteroatoms. The first-order chi connectivity index (χ1) is 17.1. The van der Waals surface area contributed by atoms with Crippen molar-refractivity contribution in [1.82, 2.24) is 4.90 Å². The van der Waals surface area contributed by atoms with Crippen LogP contribution in [0.2, 0.25) is 0 Å². The van der Waals surface area contributed by atoms with Gasteiger partial charge in [0.25, 0.3) is 0 Å². The summed E-state index contributed by atoms with van der Waals surface area (Å²) in [6.45, 7) is 0. The molecule has 2 fully saturated rings. The lowest BCUT2D eigenvalue weighted by molar-refractivity contribution is -0.123. The molecule has 7 rings (SSSR count). The van der Waals surface area contributed by atoms with Gasteiger partial charge < -0.3 is 4.90 Å². The maximum atomic E-state index is 14.1. The van der Waals surface area contributed by atoms with E-state index in [2.05, 4.69) is 0 Å². The number of nitrogens with zero attached hydrogens (tertiary/aromatic N) is 2. The number of carbonyl (C=O) groups excluding carboxylic acids is 3. The van der Waals surface area contributed by atoms with Crippen molar-refractivity contribution in [2.75, 3.05) is 4.90 Å². The number of hydrogen-bond acceptors (Lipinski definition) is 5. The van der Waals surface area contributed by atoms with E-state index >= 15 is 0 Å². The van der Waals surface area contributed by atoms with Crippen molar-refractivity contribution in [2.24, 2.45) is 11.8 Å². The lowest BCUT2D eigenvalue weighted by atomic mass is 9.84. The van der Waals surface area contributed by atoms with Crippen LogP contribution >= 0.6 is 11.3 Å². The minimum atomic E-state index is -0.753. The first-order valence-corrected chi connectivity index (χ1v) is 12.5. The molecule has 4 atom stereocenters. The third-order valence-electron chi connectivity index (χ3n) is 7.50. The molecule has 3 aliphatic heterocycles. The van der Waals surface area contributed by atoms with E-state index in [9.17, 15) is 14.4 Å². The minimum absolute atomic E-state index is 0.109. The summed E-state index contributed by atoms with van der Waals surface area (Å²) in [5.74, 6) is -2.04. The maximum absolute atomic E-state index is 14.1. The Balaban J connectivity index is 1.41. The molecule has 2 saturated heterocycles. The summed E-state index contributed by atoms with van der Waals surface area (Å²) in [4.78, 5) is 45.9. The molecule has 3 aromatic carbocycles. The molecule has 5 nitrogen and oxygen atoms in total. The largest absolute Gasteiger partial charge is 0.358 e. The van der Waals surface area contributed by atoms with E-state index in [0.29, 0.717) is 10.6 Å². The summed E-state index contributed by atoms with van der Waals surface area (Å²) < 4.78 is 0. The summed E-state index contributed by atoms with van der Waals surface area (Å²) in [6.07, 6.45) is 3.86. The Hall–Kier alpha value is -4.03. The normalized spacial score (nSPS) is 24.6. The number of fused-ring (bicyclic) bond motifs is 6. The monoisotopic (exact) mass is 476 g/mol. The van der Waals surface area contributed by atoms with Crippen LogP contribution in [0.25, 0.3) is 16.8 Å². The van der Waals surface area contributed by atoms with Crippen molar-refractivity contribution in [3.05, 3.63) is 106 Å². The van der Waals surface area contributed by atoms with E-state index in [1.807, 2.05) is 95.4 Å². The Bertz CT molecular complexity index is 1550. The van der Waals surface area contributed by atoms with Gasteiger partial charge in [0.1, 0.15) is 6.04 Å². The number of Topliss-reactive ketones (excluding diaryl/α,β-unsaturated/α-hetero) is 1. The SMILES string of the molecule is O=C(c1cccs1)C1C2C(=O)N(c3cccc4ccccc34)C(=O)C2C2c3ccccc3C=CN12. The number of amides is 2. The lowest BCUT2D eigenvalue weighted by Gasteiger charge is -2.35. The average molecular weight is 477 g/mol. The molecule has 4 aromatic rings. The second kappa shape index (κ2) is 7.48. The predicted octanol–water partition coefficient (Wildman–Crippen LogP) is 5.30. The van der Waals surface area contributed by atoms with E-state index in [1.54, 1.807) is 6.07 Å². The van der Waals surface area contributed by atoms with Crippen LogP contribution in [0, 0.1) is 11.8 Å². The molecular weight excluding hydrogens is 456 g/mol. The molecule has 4 unspecified atom stereocenters. The molecule has 0 aliphatic carbocycles. The van der Waals surface area contributed by atoms with Gasteiger partial charge in [-0.05, 0) is 40.1 Å². The highest BCUT2D eigenvalue weighted by atomic mass is 32.1. The van der Waals surface area contributed by atoms with Gasteiger partial charge in [0, 0.05) is 11.6 Å². The van der Waals surface area contributed by atoms with Crippen molar-refractivity contribution >= 4 is 51.5 Å². The zero-order chi connectivity index (χ0) is 23.7. The van der Waals surface area contributed by atoms with Crippen LogP contribution in [-0.2, 0) is 9.59 Å². The van der Waals surface area contributed by atoms with Gasteiger partial charge in [-0.1, -0.05) is 66.7 Å². The quantitative estimate of drug-likeness (QED) is 0.297. The number of hydrogen-bond donors (Lipinski definition) is 0. The van der Waals surface area contributed by atoms with Crippen molar-refractivity contribution in [3.63, 3.8) is 0 Å². The van der Waals surface area contributed by atoms with Gasteiger partial charge in [-0.15, -0.1) is 11.3 Å². The molecule has 2 amide bonds. The standard InChI is InChI=1S/C29H20N2O3S/c32-27(22-13-6-16-35-22)26-24-23(25-20-11-4-2-8-18(20)14-15-30(25)26)28(33)31(29(24)34)21-12-5-9-17-7-1-3-10-19(17)21/h1-16,23-26H. The fourth-order valence-corrected chi connectivity index (χ4v) is 6.76. The van der Waals surface area contributed by atoms with Gasteiger partial charge in [0.15, 0.2) is 5.78 Å². The Morgan fingerprint density at radius 1 is 0.800 bits per heavy atom. The van der Waals surface area contributed by atoms with Crippen LogP contribution in [0.5, 0.6) is 0 Å². The van der Waals surface area contributed by atoms with Crippen molar-refractivity contribution in [2.45, 2.75) is 12.1 Å². The molecule has 1 aromatic heterocycles. The molecule has 0 N–H and O–H groups in total. The number of benzene rings is 3. The lowest BCUT2D eigenvalue weighted by Crippen LogP contribution is -2.44. The third-order valence-corrected chi connectivity index (χ3v) is 8.39. The fraction of sp³-hybridized carbons (Fsp3) is 0.138. The summed E-state index contributed by atoms with van der Waals surface area (Å²) in [5.41, 5.74) is 2.58. The molecule has 3 aliphatic rings. The topological polar surface area (TPSA) is 57.7 Å². The fourth-order valence-electron chi connectivity index (χ4n) is 6.06. The van der Waals surface area contributed by atoms with Crippen LogP contribution in [0.3, 0.4) is 0 Å². The van der Waals surface area contributed by atoms with Crippen LogP contribution < -0.4 is 4.90 Å². The van der Waals surface area contributed by atoms with Crippen molar-refractivity contribution < 1.29 is 14.4 Å². The molecule has 0 spiro atoms. The number of carbonyl (C=O) groups is 3. The van der Waals surface area contributed by atoms with Gasteiger partial charge in [0.05, 0.1) is 28.4 Å². The third kappa shape index (κ3) is 2.77. The molecule has 0 bridgehead atoms. The Labute approximate surface area is 205 Å². The highest BCUT2D eigenvalue weighted by Gasteiger charge is 2.64. The second-order valence-corrected chi connectivity index (χ2v) is 10.1. The Kier molecular flexibility index (Phi) is 4.35. The smallest absolute Gasteiger partial charge is 0.240 e. The van der Waals surface area contributed by atoms with Crippen LogP contribution in [0.15, 0.2) is 90.4 Å². The van der Waals surface area contributed by atoms with E-state index in [0.717, 1.165) is 21.9 Å². The number of ketones is 1. The minimum Gasteiger partial charge on any atom is -0.358 e. The first-order valence-electron chi connectivity index (χ1n) is 11.6. The molecule has 170 valence electrons. The molecule has 35 heavy (non-hydrogen) atoms. The molecule has 0 saturated carbocycles. The van der Waals surface area contributed by atoms with Gasteiger partial charge in [-0.3, -0.25) is 14.4 Å². The second-order valence-electron chi connectivity index (χ2n) is 9.18. The summed E-state index contributed by atoms with van der Waals surface area (Å²) in [5, 5.41) is 3.67.